The molecule has 132 valence electrons. The lowest BCUT2D eigenvalue weighted by atomic mass is 10.1. The molecule has 0 aliphatic rings. The third kappa shape index (κ3) is 5.07. The maximum atomic E-state index is 13.5. The van der Waals surface area contributed by atoms with Crippen molar-refractivity contribution in [2.75, 3.05) is 18.0 Å². The van der Waals surface area contributed by atoms with E-state index >= 15 is 0 Å². The summed E-state index contributed by atoms with van der Waals surface area (Å²) in [6.07, 6.45) is 0.295. The lowest BCUT2D eigenvalue weighted by molar-refractivity contribution is -0.123. The van der Waals surface area contributed by atoms with E-state index in [9.17, 15) is 22.8 Å². The van der Waals surface area contributed by atoms with E-state index < -0.39 is 23.4 Å². The molecule has 2 aromatic carbocycles. The molecule has 4 nitrogen and oxygen atoms in total. The number of halogens is 3. The summed E-state index contributed by atoms with van der Waals surface area (Å²) in [6, 6.07) is 9.17. The molecule has 0 bridgehead atoms. The molecular weight excluding hydrogens is 333 g/mol. The number of nitrogens with zero attached hydrogens (tertiary/aromatic N) is 1. The first-order valence-corrected chi connectivity index (χ1v) is 7.61. The molecule has 2 rings (SSSR count). The van der Waals surface area contributed by atoms with Crippen molar-refractivity contribution in [2.45, 2.75) is 13.3 Å². The number of carbonyl (C=O) groups excluding carboxylic acids is 2. The van der Waals surface area contributed by atoms with Gasteiger partial charge in [0.15, 0.2) is 11.6 Å². The molecule has 0 spiro atoms. The van der Waals surface area contributed by atoms with E-state index in [1.807, 2.05) is 0 Å². The number of amides is 2. The van der Waals surface area contributed by atoms with Crippen molar-refractivity contribution in [3.63, 3.8) is 0 Å². The highest BCUT2D eigenvalue weighted by Crippen LogP contribution is 2.18. The first-order valence-electron chi connectivity index (χ1n) is 7.61. The van der Waals surface area contributed by atoms with Gasteiger partial charge in [0.25, 0.3) is 0 Å². The molecular formula is C18H17F3N2O2. The van der Waals surface area contributed by atoms with Crippen LogP contribution in [0.15, 0.2) is 42.5 Å². The summed E-state index contributed by atoms with van der Waals surface area (Å²) in [5, 5.41) is 2.57. The van der Waals surface area contributed by atoms with Crippen molar-refractivity contribution in [1.82, 2.24) is 5.32 Å². The van der Waals surface area contributed by atoms with Crippen LogP contribution in [0.1, 0.15) is 12.5 Å². The number of rotatable bonds is 6. The van der Waals surface area contributed by atoms with E-state index in [-0.39, 0.29) is 24.6 Å². The Kier molecular flexibility index (Phi) is 6.16. The Balaban J connectivity index is 1.95. The Morgan fingerprint density at radius 2 is 1.72 bits per heavy atom. The van der Waals surface area contributed by atoms with Crippen LogP contribution in [0, 0.1) is 17.5 Å². The zero-order valence-electron chi connectivity index (χ0n) is 13.6. The van der Waals surface area contributed by atoms with E-state index in [0.29, 0.717) is 12.0 Å². The van der Waals surface area contributed by atoms with Gasteiger partial charge in [-0.05, 0) is 30.2 Å². The third-order valence-electron chi connectivity index (χ3n) is 3.57. The number of hydrogen-bond acceptors (Lipinski definition) is 2. The highest BCUT2D eigenvalue weighted by Gasteiger charge is 2.17. The molecule has 0 aliphatic heterocycles. The van der Waals surface area contributed by atoms with Crippen LogP contribution in [0.5, 0.6) is 0 Å². The summed E-state index contributed by atoms with van der Waals surface area (Å²) in [7, 11) is 0. The fourth-order valence-electron chi connectivity index (χ4n) is 2.27. The highest BCUT2D eigenvalue weighted by atomic mass is 19.2. The monoisotopic (exact) mass is 350 g/mol. The summed E-state index contributed by atoms with van der Waals surface area (Å²) >= 11 is 0. The lowest BCUT2D eigenvalue weighted by Crippen LogP contribution is -2.40. The molecule has 7 heteroatoms. The summed E-state index contributed by atoms with van der Waals surface area (Å²) in [5.74, 6) is -3.49. The minimum atomic E-state index is -1.11. The highest BCUT2D eigenvalue weighted by molar-refractivity contribution is 5.97. The summed E-state index contributed by atoms with van der Waals surface area (Å²) in [4.78, 5) is 24.7. The molecule has 2 aromatic rings. The Hall–Kier alpha value is -2.83. The predicted molar refractivity (Wildman–Crippen MR) is 87.5 cm³/mol. The Morgan fingerprint density at radius 1 is 1.00 bits per heavy atom. The number of nitrogens with one attached hydrogen (secondary N) is 1. The molecule has 0 heterocycles. The van der Waals surface area contributed by atoms with E-state index in [1.54, 1.807) is 18.2 Å². The number of benzene rings is 2. The first-order chi connectivity index (χ1) is 11.9. The Morgan fingerprint density at radius 3 is 2.36 bits per heavy atom. The maximum absolute atomic E-state index is 13.5. The van der Waals surface area contributed by atoms with Crippen molar-refractivity contribution in [3.05, 3.63) is 65.5 Å². The van der Waals surface area contributed by atoms with Gasteiger partial charge >= 0.3 is 0 Å². The van der Waals surface area contributed by atoms with Crippen molar-refractivity contribution >= 4 is 17.5 Å². The average Bonchev–Trinajstić information content (AvgIpc) is 2.57. The maximum Gasteiger partial charge on any atom is 0.240 e. The summed E-state index contributed by atoms with van der Waals surface area (Å²) < 4.78 is 39.8. The minimum Gasteiger partial charge on any atom is -0.354 e. The summed E-state index contributed by atoms with van der Waals surface area (Å²) in [5.41, 5.74) is 0.544. The number of hydrogen-bond donors (Lipinski definition) is 1. The molecule has 0 unspecified atom stereocenters. The third-order valence-corrected chi connectivity index (χ3v) is 3.57. The molecule has 0 fully saturated rings. The first kappa shape index (κ1) is 18.5. The standard InChI is InChI=1S/C18H17F3N2O2/c1-12(24)23(14-6-7-16(20)17(21)10-14)11-18(25)22-9-8-13-4-2-3-5-15(13)19/h2-7,10H,8-9,11H2,1H3,(H,22,25). The molecule has 1 N–H and O–H groups in total. The van der Waals surface area contributed by atoms with Crippen LogP contribution in [0.3, 0.4) is 0 Å². The van der Waals surface area contributed by atoms with Gasteiger partial charge in [-0.2, -0.15) is 0 Å². The normalized spacial score (nSPS) is 10.4. The summed E-state index contributed by atoms with van der Waals surface area (Å²) in [6.45, 7) is 1.05. The van der Waals surface area contributed by atoms with Crippen LogP contribution in [-0.4, -0.2) is 24.9 Å². The van der Waals surface area contributed by atoms with Gasteiger partial charge in [-0.1, -0.05) is 18.2 Å². The van der Waals surface area contributed by atoms with Crippen LogP contribution in [0.2, 0.25) is 0 Å². The van der Waals surface area contributed by atoms with Crippen molar-refractivity contribution < 1.29 is 22.8 Å². The molecule has 0 atom stereocenters. The molecule has 2 amide bonds. The fourth-order valence-corrected chi connectivity index (χ4v) is 2.27. The quantitative estimate of drug-likeness (QED) is 0.871. The van der Waals surface area contributed by atoms with Crippen LogP contribution in [0.4, 0.5) is 18.9 Å². The second-order valence-corrected chi connectivity index (χ2v) is 5.39. The van der Waals surface area contributed by atoms with Gasteiger partial charge in [-0.25, -0.2) is 13.2 Å². The predicted octanol–water partition coefficient (Wildman–Crippen LogP) is 2.82. The zero-order valence-corrected chi connectivity index (χ0v) is 13.6. The number of anilines is 1. The van der Waals surface area contributed by atoms with Crippen molar-refractivity contribution in [2.24, 2.45) is 0 Å². The van der Waals surface area contributed by atoms with Gasteiger partial charge in [-0.15, -0.1) is 0 Å². The van der Waals surface area contributed by atoms with Crippen LogP contribution < -0.4 is 10.2 Å². The van der Waals surface area contributed by atoms with E-state index in [4.69, 9.17) is 0 Å². The molecule has 0 saturated carbocycles. The molecule has 0 saturated heterocycles. The van der Waals surface area contributed by atoms with Crippen LogP contribution >= 0.6 is 0 Å². The van der Waals surface area contributed by atoms with Gasteiger partial charge in [-0.3, -0.25) is 9.59 Å². The molecule has 0 aromatic heterocycles. The Labute approximate surface area is 143 Å². The second-order valence-electron chi connectivity index (χ2n) is 5.39. The minimum absolute atomic E-state index is 0.0793. The van der Waals surface area contributed by atoms with Gasteiger partial charge < -0.3 is 10.2 Å². The van der Waals surface area contributed by atoms with E-state index in [0.717, 1.165) is 17.0 Å². The molecule has 25 heavy (non-hydrogen) atoms. The smallest absolute Gasteiger partial charge is 0.240 e. The largest absolute Gasteiger partial charge is 0.354 e. The molecule has 0 aliphatic carbocycles. The van der Waals surface area contributed by atoms with Gasteiger partial charge in [0.1, 0.15) is 12.4 Å². The van der Waals surface area contributed by atoms with E-state index in [1.165, 1.54) is 19.1 Å². The van der Waals surface area contributed by atoms with Gasteiger partial charge in [0, 0.05) is 25.2 Å². The van der Waals surface area contributed by atoms with Gasteiger partial charge in [0.2, 0.25) is 11.8 Å². The lowest BCUT2D eigenvalue weighted by Gasteiger charge is -2.20. The van der Waals surface area contributed by atoms with Crippen LogP contribution in [0.25, 0.3) is 0 Å². The Bertz CT molecular complexity index is 781. The SMILES string of the molecule is CC(=O)N(CC(=O)NCCc1ccccc1F)c1ccc(F)c(F)c1. The topological polar surface area (TPSA) is 49.4 Å². The van der Waals surface area contributed by atoms with Gasteiger partial charge in [0.05, 0.1) is 0 Å². The van der Waals surface area contributed by atoms with Crippen molar-refractivity contribution in [3.8, 4) is 0 Å². The van der Waals surface area contributed by atoms with Crippen molar-refractivity contribution in [1.29, 1.82) is 0 Å². The second kappa shape index (κ2) is 8.32. The van der Waals surface area contributed by atoms with Crippen LogP contribution in [-0.2, 0) is 16.0 Å². The fraction of sp³-hybridized carbons (Fsp3) is 0.222. The zero-order chi connectivity index (χ0) is 18.4. The number of carbonyl (C=O) groups is 2. The van der Waals surface area contributed by atoms with E-state index in [2.05, 4.69) is 5.32 Å². The molecule has 0 radical (unpaired) electrons. The average molecular weight is 350 g/mol.